The van der Waals surface area contributed by atoms with E-state index in [2.05, 4.69) is 15.5 Å². The Morgan fingerprint density at radius 2 is 1.97 bits per heavy atom. The molecular weight excluding hydrogens is 461 g/mol. The van der Waals surface area contributed by atoms with Crippen LogP contribution in [0, 0.1) is 12.7 Å². The number of methoxy groups -OCH3 is 1. The first kappa shape index (κ1) is 24.9. The molecule has 3 aromatic rings. The minimum Gasteiger partial charge on any atom is -0.390 e. The van der Waals surface area contributed by atoms with E-state index < -0.39 is 35.6 Å². The van der Waals surface area contributed by atoms with Crippen molar-refractivity contribution in [3.8, 4) is 0 Å². The lowest BCUT2D eigenvalue weighted by atomic mass is 9.90. The van der Waals surface area contributed by atoms with Crippen LogP contribution in [0.15, 0.2) is 30.3 Å². The third-order valence-corrected chi connectivity index (χ3v) is 6.81. The van der Waals surface area contributed by atoms with Crippen LogP contribution >= 0.6 is 0 Å². The fraction of sp³-hybridized carbons (Fsp3) is 0.400. The number of halogens is 3. The highest BCUT2D eigenvalue weighted by atomic mass is 19.3. The van der Waals surface area contributed by atoms with E-state index in [9.17, 15) is 13.6 Å². The number of hydrogen-bond acceptors (Lipinski definition) is 6. The van der Waals surface area contributed by atoms with Crippen molar-refractivity contribution >= 4 is 28.2 Å². The van der Waals surface area contributed by atoms with E-state index in [-0.39, 0.29) is 11.5 Å². The van der Waals surface area contributed by atoms with Gasteiger partial charge in [0.1, 0.15) is 12.4 Å². The number of anilines is 2. The van der Waals surface area contributed by atoms with Gasteiger partial charge in [-0.1, -0.05) is 19.1 Å². The van der Waals surface area contributed by atoms with Crippen molar-refractivity contribution in [2.45, 2.75) is 44.8 Å². The second kappa shape index (κ2) is 8.76. The first-order valence-electron chi connectivity index (χ1n) is 11.2. The summed E-state index contributed by atoms with van der Waals surface area (Å²) in [6.07, 6.45) is 0.416. The van der Waals surface area contributed by atoms with Gasteiger partial charge in [-0.3, -0.25) is 4.79 Å². The number of aromatic nitrogens is 2. The van der Waals surface area contributed by atoms with E-state index in [4.69, 9.17) is 9.84 Å². The number of aryl methyl sites for hydroxylation is 1. The van der Waals surface area contributed by atoms with Crippen LogP contribution in [0.3, 0.4) is 0 Å². The fourth-order valence-electron chi connectivity index (χ4n) is 4.74. The Hall–Kier alpha value is -3.24. The molecule has 1 aromatic heterocycles. The van der Waals surface area contributed by atoms with Gasteiger partial charge >= 0.3 is 0 Å². The van der Waals surface area contributed by atoms with E-state index in [1.54, 1.807) is 25.8 Å². The van der Waals surface area contributed by atoms with Crippen LogP contribution in [-0.4, -0.2) is 42.0 Å². The fourth-order valence-corrected chi connectivity index (χ4v) is 4.74. The van der Waals surface area contributed by atoms with Crippen molar-refractivity contribution in [2.24, 2.45) is 0 Å². The van der Waals surface area contributed by atoms with Gasteiger partial charge in [-0.2, -0.15) is 13.9 Å². The van der Waals surface area contributed by atoms with Gasteiger partial charge in [0.15, 0.2) is 11.4 Å². The molecule has 2 aromatic carbocycles. The van der Waals surface area contributed by atoms with E-state index in [1.807, 2.05) is 19.1 Å². The number of benzene rings is 2. The summed E-state index contributed by atoms with van der Waals surface area (Å²) in [5, 5.41) is 21.9. The molecule has 186 valence electrons. The number of alkyl halides is 2. The molecule has 4 rings (SSSR count). The van der Waals surface area contributed by atoms with Crippen LogP contribution < -0.4 is 10.2 Å². The Morgan fingerprint density at radius 3 is 2.60 bits per heavy atom. The van der Waals surface area contributed by atoms with E-state index >= 15 is 4.39 Å². The van der Waals surface area contributed by atoms with Crippen molar-refractivity contribution < 1.29 is 27.8 Å². The maximum Gasteiger partial charge on any atom is 0.298 e. The molecule has 0 fully saturated rings. The number of likely N-dealkylation sites (N-methyl/N-ethyl adjacent to an activating group) is 1. The highest BCUT2D eigenvalue weighted by Gasteiger charge is 2.49. The van der Waals surface area contributed by atoms with Crippen LogP contribution in [0.2, 0.25) is 0 Å². The minimum absolute atomic E-state index is 0.0120. The molecule has 1 aliphatic rings. The molecule has 0 spiro atoms. The number of hydrogen-bond donors (Lipinski definition) is 2. The predicted molar refractivity (Wildman–Crippen MR) is 126 cm³/mol. The number of amides is 1. The molecule has 7 nitrogen and oxygen atoms in total. The Balaban J connectivity index is 1.83. The van der Waals surface area contributed by atoms with E-state index in [0.717, 1.165) is 11.5 Å². The van der Waals surface area contributed by atoms with Crippen molar-refractivity contribution in [3.05, 3.63) is 58.5 Å². The van der Waals surface area contributed by atoms with Crippen molar-refractivity contribution in [2.75, 3.05) is 31.0 Å². The molecular formula is C25H27F3N4O3. The standard InChI is InChI=1S/C25H27F3N4O3/c1-6-24(35-5)19-10-17-16(11-20(19)32(4)23(24)34)14(3)30-31-22(17)29-13(2)15-8-7-9-18(21(15)26)25(27,28)12-33/h7-11,13,33H,6,12H2,1-5H3,(H,29,31)/t13-,24?/m1/s1. The molecule has 2 heterocycles. The number of aliphatic hydroxyl groups excluding tert-OH is 1. The molecule has 1 amide bonds. The Morgan fingerprint density at radius 1 is 1.26 bits per heavy atom. The van der Waals surface area contributed by atoms with Crippen molar-refractivity contribution in [1.82, 2.24) is 10.2 Å². The smallest absolute Gasteiger partial charge is 0.298 e. The van der Waals surface area contributed by atoms with Crippen molar-refractivity contribution in [3.63, 3.8) is 0 Å². The molecule has 2 atom stereocenters. The third kappa shape index (κ3) is 3.71. The summed E-state index contributed by atoms with van der Waals surface area (Å²) in [7, 11) is 3.18. The topological polar surface area (TPSA) is 87.6 Å². The number of aliphatic hydroxyl groups is 1. The van der Waals surface area contributed by atoms with Gasteiger partial charge in [0.2, 0.25) is 0 Å². The Bertz CT molecular complexity index is 1310. The zero-order valence-electron chi connectivity index (χ0n) is 20.1. The first-order valence-corrected chi connectivity index (χ1v) is 11.2. The quantitative estimate of drug-likeness (QED) is 0.507. The van der Waals surface area contributed by atoms with E-state index in [1.165, 1.54) is 19.2 Å². The zero-order chi connectivity index (χ0) is 25.7. The third-order valence-electron chi connectivity index (χ3n) is 6.81. The van der Waals surface area contributed by atoms with Crippen molar-refractivity contribution in [1.29, 1.82) is 0 Å². The zero-order valence-corrected chi connectivity index (χ0v) is 20.1. The summed E-state index contributed by atoms with van der Waals surface area (Å²) in [5.41, 5.74) is -0.0221. The summed E-state index contributed by atoms with van der Waals surface area (Å²) in [5.74, 6) is -4.69. The molecule has 0 bridgehead atoms. The normalized spacial score (nSPS) is 18.8. The summed E-state index contributed by atoms with van der Waals surface area (Å²) in [6, 6.07) is 6.57. The van der Waals surface area contributed by atoms with Gasteiger partial charge in [-0.25, -0.2) is 4.39 Å². The van der Waals surface area contributed by atoms with Crippen LogP contribution in [0.25, 0.3) is 10.8 Å². The Kier molecular flexibility index (Phi) is 6.23. The van der Waals surface area contributed by atoms with Crippen LogP contribution in [0.4, 0.5) is 24.7 Å². The number of nitrogens with zero attached hydrogens (tertiary/aromatic N) is 3. The number of rotatable bonds is 7. The number of nitrogens with one attached hydrogen (secondary N) is 1. The SMILES string of the molecule is CCC1(OC)C(=O)N(C)c2cc3c(C)nnc(N[C@H](C)c4cccc(C(F)(F)CO)c4F)c3cc21. The summed E-state index contributed by atoms with van der Waals surface area (Å²) in [4.78, 5) is 14.6. The lowest BCUT2D eigenvalue weighted by molar-refractivity contribution is -0.140. The van der Waals surface area contributed by atoms with Gasteiger partial charge in [0.05, 0.1) is 23.0 Å². The largest absolute Gasteiger partial charge is 0.390 e. The molecule has 35 heavy (non-hydrogen) atoms. The minimum atomic E-state index is -3.71. The van der Waals surface area contributed by atoms with Gasteiger partial charge in [-0.15, -0.1) is 5.10 Å². The predicted octanol–water partition coefficient (Wildman–Crippen LogP) is 4.56. The second-order valence-corrected chi connectivity index (χ2v) is 8.74. The number of carbonyl (C=O) groups excluding carboxylic acids is 1. The molecule has 2 N–H and O–H groups in total. The van der Waals surface area contributed by atoms with Crippen LogP contribution in [0.1, 0.15) is 48.7 Å². The van der Waals surface area contributed by atoms with Crippen LogP contribution in [0.5, 0.6) is 0 Å². The molecule has 0 aliphatic carbocycles. The van der Waals surface area contributed by atoms with Gasteiger partial charge in [0, 0.05) is 36.1 Å². The average molecular weight is 489 g/mol. The summed E-state index contributed by atoms with van der Waals surface area (Å²) in [6.45, 7) is 3.77. The molecule has 1 aliphatic heterocycles. The summed E-state index contributed by atoms with van der Waals surface area (Å²) < 4.78 is 48.8. The summed E-state index contributed by atoms with van der Waals surface area (Å²) >= 11 is 0. The number of fused-ring (bicyclic) bond motifs is 2. The lowest BCUT2D eigenvalue weighted by Crippen LogP contribution is -2.39. The van der Waals surface area contributed by atoms with E-state index in [0.29, 0.717) is 34.6 Å². The second-order valence-electron chi connectivity index (χ2n) is 8.74. The molecule has 10 heteroatoms. The lowest BCUT2D eigenvalue weighted by Gasteiger charge is -2.25. The highest BCUT2D eigenvalue weighted by molar-refractivity contribution is 6.10. The maximum atomic E-state index is 15.0. The van der Waals surface area contributed by atoms with Gasteiger partial charge < -0.3 is 20.1 Å². The van der Waals surface area contributed by atoms with Crippen LogP contribution in [-0.2, 0) is 21.1 Å². The highest BCUT2D eigenvalue weighted by Crippen LogP contribution is 2.46. The molecule has 0 saturated carbocycles. The number of carbonyl (C=O) groups is 1. The molecule has 1 unspecified atom stereocenters. The maximum absolute atomic E-state index is 15.0. The first-order chi connectivity index (χ1) is 16.5. The van der Waals surface area contributed by atoms with Gasteiger partial charge in [-0.05, 0) is 38.5 Å². The monoisotopic (exact) mass is 488 g/mol. The molecule has 0 radical (unpaired) electrons. The van der Waals surface area contributed by atoms with Gasteiger partial charge in [0.25, 0.3) is 11.8 Å². The number of ether oxygens (including phenoxy) is 1. The molecule has 0 saturated heterocycles. The Labute approximate surface area is 200 Å². The average Bonchev–Trinajstić information content (AvgIpc) is 3.06.